The number of carbonyl (C=O) groups excluding carboxylic acids is 3. The number of nitrogens with zero attached hydrogens (tertiary/aromatic N) is 1. The lowest BCUT2D eigenvalue weighted by molar-refractivity contribution is -0.118. The first-order valence-corrected chi connectivity index (χ1v) is 10.7. The number of para-hydroxylation sites is 2. The molecule has 1 aliphatic heterocycles. The highest BCUT2D eigenvalue weighted by molar-refractivity contribution is 6.31. The fourth-order valence-corrected chi connectivity index (χ4v) is 3.46. The molecule has 4 rings (SSSR count). The molecule has 1 aliphatic rings. The van der Waals surface area contributed by atoms with Crippen LogP contribution in [-0.4, -0.2) is 38.5 Å². The normalized spacial score (nSPS) is 14.0. The molecule has 0 aromatic heterocycles. The van der Waals surface area contributed by atoms with E-state index in [4.69, 9.17) is 14.2 Å². The lowest BCUT2D eigenvalue weighted by Crippen LogP contribution is -2.35. The van der Waals surface area contributed by atoms with Crippen LogP contribution in [0.3, 0.4) is 0 Å². The van der Waals surface area contributed by atoms with E-state index in [1.165, 1.54) is 25.3 Å². The summed E-state index contributed by atoms with van der Waals surface area (Å²) in [4.78, 5) is 37.7. The summed E-state index contributed by atoms with van der Waals surface area (Å²) in [5.74, 6) is -0.620. The van der Waals surface area contributed by atoms with Crippen LogP contribution in [0.15, 0.2) is 78.4 Å². The molecular formula is C26H23N3O6. The number of nitrogens with one attached hydrogen (secondary N) is 2. The molecule has 9 nitrogen and oxygen atoms in total. The van der Waals surface area contributed by atoms with Crippen LogP contribution >= 0.6 is 0 Å². The van der Waals surface area contributed by atoms with Crippen LogP contribution in [0.4, 0.5) is 11.4 Å². The minimum absolute atomic E-state index is 0.0473. The van der Waals surface area contributed by atoms with Gasteiger partial charge in [0.15, 0.2) is 18.1 Å². The molecule has 0 spiro atoms. The van der Waals surface area contributed by atoms with E-state index in [-0.39, 0.29) is 35.3 Å². The SMILES string of the molecule is COc1cc(C=C2C(=O)NN(c3ccccc3)C2=O)cc(OC)c1OCC(=O)Nc1ccccc1. The molecule has 35 heavy (non-hydrogen) atoms. The summed E-state index contributed by atoms with van der Waals surface area (Å²) in [5, 5.41) is 3.92. The summed E-state index contributed by atoms with van der Waals surface area (Å²) >= 11 is 0. The van der Waals surface area contributed by atoms with Crippen LogP contribution in [0.5, 0.6) is 17.2 Å². The zero-order valence-corrected chi connectivity index (χ0v) is 19.1. The van der Waals surface area contributed by atoms with E-state index in [0.717, 1.165) is 0 Å². The molecule has 0 bridgehead atoms. The number of ether oxygens (including phenoxy) is 3. The minimum atomic E-state index is -0.533. The van der Waals surface area contributed by atoms with E-state index in [0.29, 0.717) is 16.9 Å². The van der Waals surface area contributed by atoms with Gasteiger partial charge in [0.25, 0.3) is 17.7 Å². The summed E-state index contributed by atoms with van der Waals surface area (Å²) in [7, 11) is 2.88. The van der Waals surface area contributed by atoms with Crippen LogP contribution in [0.25, 0.3) is 6.08 Å². The van der Waals surface area contributed by atoms with Gasteiger partial charge in [0.2, 0.25) is 5.75 Å². The first-order valence-electron chi connectivity index (χ1n) is 10.7. The molecule has 1 fully saturated rings. The molecule has 0 aliphatic carbocycles. The Morgan fingerprint density at radius 1 is 0.943 bits per heavy atom. The fraction of sp³-hybridized carbons (Fsp3) is 0.115. The molecule has 3 amide bonds. The lowest BCUT2D eigenvalue weighted by Gasteiger charge is -2.15. The molecule has 3 aromatic rings. The molecule has 0 radical (unpaired) electrons. The standard InChI is InChI=1S/C26H23N3O6/c1-33-21-14-17(13-20-25(31)28-29(26(20)32)19-11-7-4-8-12-19)15-22(34-2)24(21)35-16-23(30)27-18-9-5-3-6-10-18/h3-15H,16H2,1-2H3,(H,27,30)(H,28,31). The van der Waals surface area contributed by atoms with Crippen LogP contribution in [-0.2, 0) is 14.4 Å². The van der Waals surface area contributed by atoms with Gasteiger partial charge in [0.05, 0.1) is 19.9 Å². The van der Waals surface area contributed by atoms with Gasteiger partial charge in [0, 0.05) is 5.69 Å². The van der Waals surface area contributed by atoms with Crippen molar-refractivity contribution in [2.24, 2.45) is 0 Å². The van der Waals surface area contributed by atoms with Crippen molar-refractivity contribution >= 4 is 35.2 Å². The summed E-state index contributed by atoms with van der Waals surface area (Å²) in [6.07, 6.45) is 1.44. The molecule has 1 saturated heterocycles. The highest BCUT2D eigenvalue weighted by Crippen LogP contribution is 2.39. The van der Waals surface area contributed by atoms with E-state index in [1.807, 2.05) is 24.3 Å². The van der Waals surface area contributed by atoms with Crippen molar-refractivity contribution in [3.63, 3.8) is 0 Å². The maximum absolute atomic E-state index is 12.9. The van der Waals surface area contributed by atoms with Crippen LogP contribution in [0.2, 0.25) is 0 Å². The summed E-state index contributed by atoms with van der Waals surface area (Å²) in [5.41, 5.74) is 4.18. The van der Waals surface area contributed by atoms with Crippen molar-refractivity contribution in [3.05, 3.63) is 83.9 Å². The fourth-order valence-electron chi connectivity index (χ4n) is 3.46. The molecular weight excluding hydrogens is 450 g/mol. The Kier molecular flexibility index (Phi) is 6.96. The number of methoxy groups -OCH3 is 2. The second kappa shape index (κ2) is 10.4. The number of hydrogen-bond acceptors (Lipinski definition) is 6. The third kappa shape index (κ3) is 5.25. The average molecular weight is 473 g/mol. The number of hydrazine groups is 1. The van der Waals surface area contributed by atoms with E-state index >= 15 is 0 Å². The topological polar surface area (TPSA) is 106 Å². The Bertz CT molecular complexity index is 1250. The van der Waals surface area contributed by atoms with Crippen molar-refractivity contribution < 1.29 is 28.6 Å². The molecule has 0 unspecified atom stereocenters. The van der Waals surface area contributed by atoms with Gasteiger partial charge in [-0.2, -0.15) is 0 Å². The molecule has 178 valence electrons. The largest absolute Gasteiger partial charge is 0.493 e. The van der Waals surface area contributed by atoms with Crippen LogP contribution < -0.4 is 30.0 Å². The Hall–Kier alpha value is -4.79. The number of hydrogen-bond donors (Lipinski definition) is 2. The highest BCUT2D eigenvalue weighted by Gasteiger charge is 2.34. The van der Waals surface area contributed by atoms with Crippen LogP contribution in [0, 0.1) is 0 Å². The molecule has 9 heteroatoms. The first-order chi connectivity index (χ1) is 17.0. The van der Waals surface area contributed by atoms with Crippen molar-refractivity contribution in [3.8, 4) is 17.2 Å². The molecule has 3 aromatic carbocycles. The van der Waals surface area contributed by atoms with Crippen molar-refractivity contribution in [1.29, 1.82) is 0 Å². The van der Waals surface area contributed by atoms with E-state index in [1.54, 1.807) is 48.5 Å². The number of anilines is 2. The molecule has 2 N–H and O–H groups in total. The maximum Gasteiger partial charge on any atom is 0.282 e. The van der Waals surface area contributed by atoms with E-state index in [9.17, 15) is 14.4 Å². The third-order valence-corrected chi connectivity index (χ3v) is 5.10. The van der Waals surface area contributed by atoms with Crippen molar-refractivity contribution in [1.82, 2.24) is 5.43 Å². The maximum atomic E-state index is 12.9. The van der Waals surface area contributed by atoms with Crippen LogP contribution in [0.1, 0.15) is 5.56 Å². The monoisotopic (exact) mass is 473 g/mol. The van der Waals surface area contributed by atoms with Gasteiger partial charge in [-0.1, -0.05) is 36.4 Å². The first kappa shape index (κ1) is 23.4. The zero-order valence-electron chi connectivity index (χ0n) is 19.1. The van der Waals surface area contributed by atoms with E-state index < -0.39 is 11.8 Å². The average Bonchev–Trinajstić information content (AvgIpc) is 3.16. The zero-order chi connectivity index (χ0) is 24.8. The predicted molar refractivity (Wildman–Crippen MR) is 130 cm³/mol. The van der Waals surface area contributed by atoms with Gasteiger partial charge >= 0.3 is 0 Å². The number of benzene rings is 3. The van der Waals surface area contributed by atoms with Crippen molar-refractivity contribution in [2.45, 2.75) is 0 Å². The van der Waals surface area contributed by atoms with Gasteiger partial charge in [-0.05, 0) is 48.0 Å². The number of carbonyl (C=O) groups is 3. The highest BCUT2D eigenvalue weighted by atomic mass is 16.5. The number of amides is 3. The smallest absolute Gasteiger partial charge is 0.282 e. The molecule has 1 heterocycles. The lowest BCUT2D eigenvalue weighted by atomic mass is 10.1. The molecule has 0 atom stereocenters. The quantitative estimate of drug-likeness (QED) is 0.385. The summed E-state index contributed by atoms with van der Waals surface area (Å²) in [6, 6.07) is 21.0. The second-order valence-electron chi connectivity index (χ2n) is 7.43. The van der Waals surface area contributed by atoms with Gasteiger partial charge in [-0.25, -0.2) is 5.01 Å². The molecule has 0 saturated carbocycles. The Morgan fingerprint density at radius 2 is 1.54 bits per heavy atom. The Morgan fingerprint density at radius 3 is 2.14 bits per heavy atom. The van der Waals surface area contributed by atoms with Gasteiger partial charge < -0.3 is 19.5 Å². The van der Waals surface area contributed by atoms with Gasteiger partial charge in [0.1, 0.15) is 5.57 Å². The minimum Gasteiger partial charge on any atom is -0.493 e. The Labute approximate surface area is 201 Å². The van der Waals surface area contributed by atoms with Crippen molar-refractivity contribution in [2.75, 3.05) is 31.2 Å². The second-order valence-corrected chi connectivity index (χ2v) is 7.43. The Balaban J connectivity index is 1.55. The van der Waals surface area contributed by atoms with Gasteiger partial charge in [-0.3, -0.25) is 19.8 Å². The third-order valence-electron chi connectivity index (χ3n) is 5.10. The summed E-state index contributed by atoms with van der Waals surface area (Å²) < 4.78 is 16.5. The van der Waals surface area contributed by atoms with Gasteiger partial charge in [-0.15, -0.1) is 0 Å². The van der Waals surface area contributed by atoms with E-state index in [2.05, 4.69) is 10.7 Å². The summed E-state index contributed by atoms with van der Waals surface area (Å²) in [6.45, 7) is -0.283. The number of rotatable bonds is 8. The predicted octanol–water partition coefficient (Wildman–Crippen LogP) is 3.18.